The van der Waals surface area contributed by atoms with Gasteiger partial charge in [-0.2, -0.15) is 8.78 Å². The van der Waals surface area contributed by atoms with Crippen molar-refractivity contribution in [2.75, 3.05) is 5.32 Å². The molecule has 2 aromatic carbocycles. The second kappa shape index (κ2) is 5.77. The molecule has 3 rings (SSSR count). The van der Waals surface area contributed by atoms with Crippen LogP contribution in [-0.4, -0.2) is 12.5 Å². The Morgan fingerprint density at radius 1 is 1.18 bits per heavy atom. The maximum absolute atomic E-state index is 12.3. The van der Waals surface area contributed by atoms with Crippen LogP contribution in [0.5, 0.6) is 5.75 Å². The quantitative estimate of drug-likeness (QED) is 0.849. The highest BCUT2D eigenvalue weighted by Crippen LogP contribution is 2.34. The number of carbonyl (C=O) groups is 1. The maximum atomic E-state index is 12.3. The van der Waals surface area contributed by atoms with Crippen molar-refractivity contribution in [3.8, 4) is 5.75 Å². The van der Waals surface area contributed by atoms with E-state index in [-0.39, 0.29) is 11.7 Å². The molecule has 1 aliphatic rings. The lowest BCUT2D eigenvalue weighted by molar-refractivity contribution is -0.110. The summed E-state index contributed by atoms with van der Waals surface area (Å²) in [4.78, 5) is 12.0. The van der Waals surface area contributed by atoms with E-state index in [1.165, 1.54) is 18.2 Å². The lowest BCUT2D eigenvalue weighted by atomic mass is 10.0. The first-order chi connectivity index (χ1) is 10.5. The molecule has 1 amide bonds. The van der Waals surface area contributed by atoms with E-state index >= 15 is 0 Å². The van der Waals surface area contributed by atoms with Gasteiger partial charge in [0.25, 0.3) is 5.91 Å². The van der Waals surface area contributed by atoms with E-state index in [2.05, 4.69) is 10.1 Å². The monoisotopic (exact) mass is 321 g/mol. The van der Waals surface area contributed by atoms with E-state index in [1.54, 1.807) is 18.2 Å². The molecule has 2 aromatic rings. The minimum atomic E-state index is -2.92. The van der Waals surface area contributed by atoms with Crippen molar-refractivity contribution in [1.82, 2.24) is 0 Å². The molecule has 0 saturated heterocycles. The number of fused-ring (bicyclic) bond motifs is 1. The van der Waals surface area contributed by atoms with E-state index in [1.807, 2.05) is 12.1 Å². The smallest absolute Gasteiger partial charge is 0.387 e. The molecule has 0 fully saturated rings. The van der Waals surface area contributed by atoms with Crippen LogP contribution in [0.15, 0.2) is 42.5 Å². The molecule has 0 radical (unpaired) electrons. The van der Waals surface area contributed by atoms with Gasteiger partial charge in [0.1, 0.15) is 5.75 Å². The second-order valence-corrected chi connectivity index (χ2v) is 5.03. The van der Waals surface area contributed by atoms with Crippen molar-refractivity contribution in [3.05, 3.63) is 58.6 Å². The average molecular weight is 322 g/mol. The first-order valence-corrected chi connectivity index (χ1v) is 6.79. The van der Waals surface area contributed by atoms with Crippen LogP contribution in [0.25, 0.3) is 11.6 Å². The Labute approximate surface area is 130 Å². The summed E-state index contributed by atoms with van der Waals surface area (Å²) in [5, 5.41) is 3.07. The molecule has 6 heteroatoms. The number of hydrogen-bond acceptors (Lipinski definition) is 2. The molecule has 1 heterocycles. The molecule has 1 aliphatic heterocycles. The lowest BCUT2D eigenvalue weighted by Crippen LogP contribution is -2.04. The Hall–Kier alpha value is -2.40. The number of alkyl halides is 2. The zero-order chi connectivity index (χ0) is 15.7. The fourth-order valence-corrected chi connectivity index (χ4v) is 2.42. The van der Waals surface area contributed by atoms with Gasteiger partial charge in [0, 0.05) is 21.8 Å². The fourth-order valence-electron chi connectivity index (χ4n) is 2.25. The van der Waals surface area contributed by atoms with Crippen LogP contribution in [0.3, 0.4) is 0 Å². The molecular formula is C16H10ClF2NO2. The van der Waals surface area contributed by atoms with Crippen LogP contribution in [-0.2, 0) is 4.79 Å². The molecule has 0 saturated carbocycles. The number of amides is 1. The van der Waals surface area contributed by atoms with Crippen LogP contribution >= 0.6 is 11.6 Å². The highest BCUT2D eigenvalue weighted by atomic mass is 35.5. The number of anilines is 1. The van der Waals surface area contributed by atoms with E-state index < -0.39 is 6.61 Å². The number of halogens is 3. The number of rotatable bonds is 3. The van der Waals surface area contributed by atoms with Gasteiger partial charge in [-0.25, -0.2) is 0 Å². The summed E-state index contributed by atoms with van der Waals surface area (Å²) in [6.45, 7) is -2.92. The minimum absolute atomic E-state index is 0.0158. The number of hydrogen-bond donors (Lipinski definition) is 1. The highest BCUT2D eigenvalue weighted by molar-refractivity contribution is 6.37. The topological polar surface area (TPSA) is 38.3 Å². The van der Waals surface area contributed by atoms with Gasteiger partial charge in [-0.1, -0.05) is 29.8 Å². The molecule has 3 nitrogen and oxygen atoms in total. The third-order valence-electron chi connectivity index (χ3n) is 3.20. The lowest BCUT2D eigenvalue weighted by Gasteiger charge is -2.07. The average Bonchev–Trinajstić information content (AvgIpc) is 2.78. The summed E-state index contributed by atoms with van der Waals surface area (Å²) in [6, 6.07) is 11.4. The van der Waals surface area contributed by atoms with Crippen molar-refractivity contribution in [1.29, 1.82) is 0 Å². The Morgan fingerprint density at radius 2 is 1.95 bits per heavy atom. The third-order valence-corrected chi connectivity index (χ3v) is 3.55. The van der Waals surface area contributed by atoms with Gasteiger partial charge in [-0.05, 0) is 35.9 Å². The molecule has 0 aromatic heterocycles. The predicted octanol–water partition coefficient (Wildman–Crippen LogP) is 4.43. The minimum Gasteiger partial charge on any atom is -0.435 e. The van der Waals surface area contributed by atoms with E-state index in [4.69, 9.17) is 11.6 Å². The van der Waals surface area contributed by atoms with Crippen LogP contribution in [0.1, 0.15) is 11.1 Å². The van der Waals surface area contributed by atoms with Gasteiger partial charge in [-0.15, -0.1) is 0 Å². The molecular weight excluding hydrogens is 312 g/mol. The van der Waals surface area contributed by atoms with E-state index in [9.17, 15) is 13.6 Å². The number of nitrogens with one attached hydrogen (secondary N) is 1. The molecule has 112 valence electrons. The van der Waals surface area contributed by atoms with Gasteiger partial charge in [0.2, 0.25) is 0 Å². The first-order valence-electron chi connectivity index (χ1n) is 6.41. The molecule has 0 spiro atoms. The molecule has 0 bridgehead atoms. The zero-order valence-corrected chi connectivity index (χ0v) is 11.9. The molecule has 0 unspecified atom stereocenters. The molecule has 0 atom stereocenters. The second-order valence-electron chi connectivity index (χ2n) is 4.62. The highest BCUT2D eigenvalue weighted by Gasteiger charge is 2.23. The van der Waals surface area contributed by atoms with Gasteiger partial charge in [0.15, 0.2) is 0 Å². The van der Waals surface area contributed by atoms with Crippen molar-refractivity contribution in [2.24, 2.45) is 0 Å². The van der Waals surface area contributed by atoms with Crippen molar-refractivity contribution >= 4 is 34.8 Å². The molecule has 22 heavy (non-hydrogen) atoms. The van der Waals surface area contributed by atoms with Gasteiger partial charge in [0.05, 0.1) is 0 Å². The van der Waals surface area contributed by atoms with Crippen molar-refractivity contribution < 1.29 is 18.3 Å². The number of para-hydroxylation sites is 1. The Morgan fingerprint density at radius 3 is 2.73 bits per heavy atom. The first kappa shape index (κ1) is 14.5. The predicted molar refractivity (Wildman–Crippen MR) is 81.0 cm³/mol. The van der Waals surface area contributed by atoms with Crippen molar-refractivity contribution in [3.63, 3.8) is 0 Å². The summed E-state index contributed by atoms with van der Waals surface area (Å²) in [6.07, 6.45) is 1.56. The normalized spacial score (nSPS) is 15.1. The van der Waals surface area contributed by atoms with Crippen molar-refractivity contribution in [2.45, 2.75) is 6.61 Å². The molecule has 0 aliphatic carbocycles. The number of benzene rings is 2. The van der Waals surface area contributed by atoms with E-state index in [0.717, 1.165) is 5.56 Å². The Balaban J connectivity index is 2.03. The Kier molecular flexibility index (Phi) is 3.81. The van der Waals surface area contributed by atoms with E-state index in [0.29, 0.717) is 21.8 Å². The van der Waals surface area contributed by atoms with Crippen LogP contribution in [0, 0.1) is 0 Å². The third kappa shape index (κ3) is 2.80. The van der Waals surface area contributed by atoms with Crippen LogP contribution in [0.2, 0.25) is 5.02 Å². The summed E-state index contributed by atoms with van der Waals surface area (Å²) in [5.41, 5.74) is 2.30. The summed E-state index contributed by atoms with van der Waals surface area (Å²) in [7, 11) is 0. The number of carbonyl (C=O) groups excluding carboxylic acids is 1. The van der Waals surface area contributed by atoms with Crippen LogP contribution < -0.4 is 10.1 Å². The van der Waals surface area contributed by atoms with Gasteiger partial charge in [-0.3, -0.25) is 4.79 Å². The maximum Gasteiger partial charge on any atom is 0.387 e. The standard InChI is InChI=1S/C16H10ClF2NO2/c17-13-6-5-10(22-16(18)19)7-9(13)8-12-11-3-1-2-4-14(11)20-15(12)21/h1-8,16H,(H,20,21)/b12-8+. The SMILES string of the molecule is O=C1Nc2ccccc2/C1=C\c1cc(OC(F)F)ccc1Cl. The summed E-state index contributed by atoms with van der Waals surface area (Å²) >= 11 is 6.07. The fraction of sp³-hybridized carbons (Fsp3) is 0.0625. The summed E-state index contributed by atoms with van der Waals surface area (Å²) < 4.78 is 28.9. The largest absolute Gasteiger partial charge is 0.435 e. The van der Waals surface area contributed by atoms with Crippen LogP contribution in [0.4, 0.5) is 14.5 Å². The summed E-state index contributed by atoms with van der Waals surface area (Å²) in [5.74, 6) is -0.282. The van der Waals surface area contributed by atoms with Gasteiger partial charge < -0.3 is 10.1 Å². The number of ether oxygens (including phenoxy) is 1. The Bertz CT molecular complexity index is 774. The zero-order valence-electron chi connectivity index (χ0n) is 11.1. The molecule has 1 N–H and O–H groups in total. The van der Waals surface area contributed by atoms with Gasteiger partial charge >= 0.3 is 6.61 Å².